The average molecular weight is 224 g/mol. The van der Waals surface area contributed by atoms with Gasteiger partial charge in [0, 0.05) is 24.3 Å². The summed E-state index contributed by atoms with van der Waals surface area (Å²) in [7, 11) is -1.75. The van der Waals surface area contributed by atoms with Crippen LogP contribution in [-0.4, -0.2) is 21.8 Å². The first-order valence-electron chi connectivity index (χ1n) is 6.61. The maximum atomic E-state index is 6.24. The highest BCUT2D eigenvalue weighted by Gasteiger charge is 2.84. The Labute approximate surface area is 92.6 Å². The second-order valence-electron chi connectivity index (χ2n) is 5.77. The van der Waals surface area contributed by atoms with Crippen LogP contribution in [0, 0.1) is 23.7 Å². The maximum absolute atomic E-state index is 6.24. The van der Waals surface area contributed by atoms with E-state index in [-0.39, 0.29) is 0 Å². The molecule has 0 N–H and O–H groups in total. The molecule has 84 valence electrons. The molecule has 3 heteroatoms. The van der Waals surface area contributed by atoms with Gasteiger partial charge in [0.05, 0.1) is 0 Å². The first-order valence-corrected chi connectivity index (χ1v) is 8.58. The van der Waals surface area contributed by atoms with Gasteiger partial charge in [-0.25, -0.2) is 0 Å². The van der Waals surface area contributed by atoms with Crippen LogP contribution in [0.1, 0.15) is 26.7 Å². The molecular weight excluding hydrogens is 204 g/mol. The first-order chi connectivity index (χ1) is 7.33. The molecule has 0 heterocycles. The zero-order valence-electron chi connectivity index (χ0n) is 9.61. The Morgan fingerprint density at radius 2 is 1.27 bits per heavy atom. The Balaban J connectivity index is 1.56. The molecule has 4 aliphatic rings. The summed E-state index contributed by atoms with van der Waals surface area (Å²) in [6, 6.07) is 0. The molecule has 0 spiro atoms. The van der Waals surface area contributed by atoms with Crippen molar-refractivity contribution in [1.82, 2.24) is 0 Å². The third-order valence-electron chi connectivity index (χ3n) is 5.01. The molecule has 15 heavy (non-hydrogen) atoms. The second kappa shape index (κ2) is 2.69. The monoisotopic (exact) mass is 224 g/mol. The summed E-state index contributed by atoms with van der Waals surface area (Å²) in [4.78, 5) is 0. The lowest BCUT2D eigenvalue weighted by molar-refractivity contribution is 0.169. The minimum absolute atomic E-state index is 0.873. The van der Waals surface area contributed by atoms with Crippen molar-refractivity contribution in [3.63, 3.8) is 0 Å². The fourth-order valence-corrected chi connectivity index (χ4v) is 9.75. The molecule has 4 atom stereocenters. The van der Waals surface area contributed by atoms with E-state index in [4.69, 9.17) is 8.85 Å². The predicted molar refractivity (Wildman–Crippen MR) is 59.7 cm³/mol. The SMILES string of the molecule is CCO[Si](OCC)(C1C2CC21)C1C2CC21. The molecule has 2 nitrogen and oxygen atoms in total. The van der Waals surface area contributed by atoms with E-state index in [0.717, 1.165) is 48.0 Å². The fraction of sp³-hybridized carbons (Fsp3) is 1.00. The Morgan fingerprint density at radius 1 is 0.867 bits per heavy atom. The van der Waals surface area contributed by atoms with Gasteiger partial charge >= 0.3 is 8.56 Å². The third kappa shape index (κ3) is 1.07. The van der Waals surface area contributed by atoms with Gasteiger partial charge in [-0.3, -0.25) is 0 Å². The van der Waals surface area contributed by atoms with Crippen LogP contribution in [0.4, 0.5) is 0 Å². The van der Waals surface area contributed by atoms with E-state index in [1.165, 1.54) is 12.8 Å². The number of hydrogen-bond acceptors (Lipinski definition) is 2. The van der Waals surface area contributed by atoms with Gasteiger partial charge in [0.2, 0.25) is 0 Å². The molecule has 0 aliphatic heterocycles. The Kier molecular flexibility index (Phi) is 1.65. The van der Waals surface area contributed by atoms with E-state index in [0.29, 0.717) is 0 Å². The number of hydrogen-bond donors (Lipinski definition) is 0. The van der Waals surface area contributed by atoms with Gasteiger partial charge in [-0.05, 0) is 50.4 Å². The summed E-state index contributed by atoms with van der Waals surface area (Å²) >= 11 is 0. The lowest BCUT2D eigenvalue weighted by Gasteiger charge is -2.34. The lowest BCUT2D eigenvalue weighted by Crippen LogP contribution is -2.47. The van der Waals surface area contributed by atoms with Crippen LogP contribution in [0.5, 0.6) is 0 Å². The van der Waals surface area contributed by atoms with Crippen molar-refractivity contribution in [1.29, 1.82) is 0 Å². The summed E-state index contributed by atoms with van der Waals surface area (Å²) < 4.78 is 12.5. The van der Waals surface area contributed by atoms with E-state index in [2.05, 4.69) is 13.8 Å². The number of fused-ring (bicyclic) bond motifs is 2. The fourth-order valence-electron chi connectivity index (χ4n) is 3.85. The van der Waals surface area contributed by atoms with E-state index in [1.807, 2.05) is 0 Å². The smallest absolute Gasteiger partial charge is 0.345 e. The van der Waals surface area contributed by atoms with E-state index in [9.17, 15) is 0 Å². The topological polar surface area (TPSA) is 18.5 Å². The van der Waals surface area contributed by atoms with Crippen LogP contribution >= 0.6 is 0 Å². The molecular formula is C12H20O2Si. The molecule has 4 unspecified atom stereocenters. The highest BCUT2D eigenvalue weighted by Crippen LogP contribution is 2.85. The average Bonchev–Trinajstić information content (AvgIpc) is 2.84. The summed E-state index contributed by atoms with van der Waals surface area (Å²) in [5, 5.41) is 0. The van der Waals surface area contributed by atoms with Crippen LogP contribution < -0.4 is 0 Å². The molecule has 0 aromatic carbocycles. The standard InChI is InChI=1S/C12H20O2Si/c1-3-13-15(14-4-2,11-7-5-8(7)11)12-9-6-10(9)12/h7-12H,3-6H2,1-2H3. The second-order valence-corrected chi connectivity index (χ2v) is 9.12. The van der Waals surface area contributed by atoms with Crippen LogP contribution in [-0.2, 0) is 8.85 Å². The molecule has 0 aromatic heterocycles. The van der Waals surface area contributed by atoms with Crippen LogP contribution in [0.15, 0.2) is 0 Å². The van der Waals surface area contributed by atoms with Gasteiger partial charge in [0.1, 0.15) is 0 Å². The summed E-state index contributed by atoms with van der Waals surface area (Å²) in [5.41, 5.74) is 1.82. The molecule has 0 radical (unpaired) electrons. The van der Waals surface area contributed by atoms with E-state index >= 15 is 0 Å². The molecule has 4 rings (SSSR count). The quantitative estimate of drug-likeness (QED) is 0.646. The third-order valence-corrected chi connectivity index (χ3v) is 10.1. The van der Waals surface area contributed by atoms with Crippen molar-refractivity contribution in [3.8, 4) is 0 Å². The zero-order chi connectivity index (χ0) is 10.2. The molecule has 4 fully saturated rings. The highest BCUT2D eigenvalue weighted by atomic mass is 28.4. The molecule has 0 saturated heterocycles. The van der Waals surface area contributed by atoms with E-state index in [1.54, 1.807) is 0 Å². The van der Waals surface area contributed by atoms with Crippen molar-refractivity contribution in [2.75, 3.05) is 13.2 Å². The number of rotatable bonds is 6. The van der Waals surface area contributed by atoms with Crippen LogP contribution in [0.25, 0.3) is 0 Å². The minimum Gasteiger partial charge on any atom is -0.394 e. The zero-order valence-corrected chi connectivity index (χ0v) is 10.6. The highest BCUT2D eigenvalue weighted by molar-refractivity contribution is 6.73. The minimum atomic E-state index is -1.75. The van der Waals surface area contributed by atoms with Gasteiger partial charge in [0.25, 0.3) is 0 Å². The van der Waals surface area contributed by atoms with Gasteiger partial charge < -0.3 is 8.85 Å². The van der Waals surface area contributed by atoms with Crippen LogP contribution in [0.2, 0.25) is 11.1 Å². The Hall–Kier alpha value is 0.137. The lowest BCUT2D eigenvalue weighted by atomic mass is 10.4. The van der Waals surface area contributed by atoms with Gasteiger partial charge in [-0.15, -0.1) is 0 Å². The Bertz CT molecular complexity index is 260. The first kappa shape index (κ1) is 9.20. The van der Waals surface area contributed by atoms with Crippen LogP contribution in [0.3, 0.4) is 0 Å². The van der Waals surface area contributed by atoms with Crippen molar-refractivity contribution in [2.24, 2.45) is 23.7 Å². The maximum Gasteiger partial charge on any atom is 0.345 e. The van der Waals surface area contributed by atoms with Gasteiger partial charge in [-0.1, -0.05) is 0 Å². The largest absolute Gasteiger partial charge is 0.394 e. The summed E-state index contributed by atoms with van der Waals surface area (Å²) in [6.45, 7) is 6.03. The normalized spacial score (nSPS) is 53.2. The van der Waals surface area contributed by atoms with Crippen molar-refractivity contribution in [3.05, 3.63) is 0 Å². The summed E-state index contributed by atoms with van der Waals surface area (Å²) in [6.07, 6.45) is 2.98. The molecule has 4 aliphatic carbocycles. The predicted octanol–water partition coefficient (Wildman–Crippen LogP) is 2.54. The van der Waals surface area contributed by atoms with Gasteiger partial charge in [0.15, 0.2) is 0 Å². The van der Waals surface area contributed by atoms with Crippen molar-refractivity contribution < 1.29 is 8.85 Å². The molecule has 0 bridgehead atoms. The van der Waals surface area contributed by atoms with Crippen molar-refractivity contribution >= 4 is 8.56 Å². The van der Waals surface area contributed by atoms with Crippen molar-refractivity contribution in [2.45, 2.75) is 37.8 Å². The van der Waals surface area contributed by atoms with E-state index < -0.39 is 8.56 Å². The molecule has 0 aromatic rings. The summed E-state index contributed by atoms with van der Waals surface area (Å²) in [5.74, 6) is 4.15. The molecule has 0 amide bonds. The Morgan fingerprint density at radius 3 is 1.47 bits per heavy atom. The molecule has 4 saturated carbocycles. The van der Waals surface area contributed by atoms with Gasteiger partial charge in [-0.2, -0.15) is 0 Å².